The van der Waals surface area contributed by atoms with Crippen molar-refractivity contribution in [3.8, 4) is 0 Å². The number of rotatable bonds is 1. The zero-order valence-electron chi connectivity index (χ0n) is 7.81. The molecule has 0 saturated heterocycles. The molecule has 1 aliphatic carbocycles. The number of benzene rings is 1. The second-order valence-corrected chi connectivity index (χ2v) is 3.90. The summed E-state index contributed by atoms with van der Waals surface area (Å²) in [5, 5.41) is 0. The van der Waals surface area contributed by atoms with E-state index in [0.717, 1.165) is 6.42 Å². The maximum Gasteiger partial charge on any atom is 0.416 e. The molecule has 0 radical (unpaired) electrons. The molecule has 2 atom stereocenters. The van der Waals surface area contributed by atoms with E-state index in [1.807, 2.05) is 6.92 Å². The third-order valence-electron chi connectivity index (χ3n) is 2.78. The molecule has 1 aliphatic rings. The van der Waals surface area contributed by atoms with Crippen LogP contribution in [0.2, 0.25) is 0 Å². The molecule has 2 rings (SSSR count). The summed E-state index contributed by atoms with van der Waals surface area (Å²) in [5.74, 6) is 0.520. The molecule has 1 fully saturated rings. The Morgan fingerprint density at radius 3 is 2.29 bits per heavy atom. The maximum absolute atomic E-state index is 12.6. The lowest BCUT2D eigenvalue weighted by Crippen LogP contribution is -2.08. The van der Waals surface area contributed by atoms with Crippen LogP contribution in [-0.4, -0.2) is 0 Å². The molecule has 0 spiro atoms. The lowest BCUT2D eigenvalue weighted by Gasteiger charge is -2.11. The van der Waals surface area contributed by atoms with Crippen molar-refractivity contribution in [2.75, 3.05) is 0 Å². The van der Waals surface area contributed by atoms with Gasteiger partial charge in [0.25, 0.3) is 0 Å². The van der Waals surface area contributed by atoms with Gasteiger partial charge in [-0.2, -0.15) is 13.2 Å². The molecule has 1 saturated carbocycles. The molecular weight excluding hydrogens is 189 g/mol. The third kappa shape index (κ3) is 1.63. The SMILES string of the molecule is CC1CC1c1ccccc1C(F)(F)F. The van der Waals surface area contributed by atoms with E-state index in [-0.39, 0.29) is 5.92 Å². The number of halogens is 3. The summed E-state index contributed by atoms with van der Waals surface area (Å²) in [6.07, 6.45) is -3.33. The molecule has 0 N–H and O–H groups in total. The molecule has 0 bridgehead atoms. The topological polar surface area (TPSA) is 0 Å². The minimum Gasteiger partial charge on any atom is -0.166 e. The van der Waals surface area contributed by atoms with Gasteiger partial charge in [0, 0.05) is 0 Å². The highest BCUT2D eigenvalue weighted by molar-refractivity contribution is 5.36. The van der Waals surface area contributed by atoms with Crippen LogP contribution in [0.3, 0.4) is 0 Å². The Labute approximate surface area is 80.7 Å². The van der Waals surface area contributed by atoms with Gasteiger partial charge in [0.05, 0.1) is 5.56 Å². The van der Waals surface area contributed by atoms with Gasteiger partial charge in [-0.15, -0.1) is 0 Å². The normalized spacial score (nSPS) is 26.3. The van der Waals surface area contributed by atoms with Crippen molar-refractivity contribution in [1.29, 1.82) is 0 Å². The van der Waals surface area contributed by atoms with Crippen LogP contribution in [0.4, 0.5) is 13.2 Å². The third-order valence-corrected chi connectivity index (χ3v) is 2.78. The predicted molar refractivity (Wildman–Crippen MR) is 48.0 cm³/mol. The summed E-state index contributed by atoms with van der Waals surface area (Å²) in [7, 11) is 0. The van der Waals surface area contributed by atoms with Crippen LogP contribution in [0, 0.1) is 5.92 Å². The Bertz CT molecular complexity index is 341. The van der Waals surface area contributed by atoms with Gasteiger partial charge in [-0.05, 0) is 29.9 Å². The molecule has 76 valence electrons. The lowest BCUT2D eigenvalue weighted by molar-refractivity contribution is -0.138. The quantitative estimate of drug-likeness (QED) is 0.646. The van der Waals surface area contributed by atoms with Gasteiger partial charge in [0.15, 0.2) is 0 Å². The molecular formula is C11H11F3. The van der Waals surface area contributed by atoms with Gasteiger partial charge in [-0.3, -0.25) is 0 Å². The van der Waals surface area contributed by atoms with E-state index in [9.17, 15) is 13.2 Å². The van der Waals surface area contributed by atoms with Gasteiger partial charge >= 0.3 is 6.18 Å². The maximum atomic E-state index is 12.6. The monoisotopic (exact) mass is 200 g/mol. The Hall–Kier alpha value is -0.990. The van der Waals surface area contributed by atoms with Crippen molar-refractivity contribution >= 4 is 0 Å². The first-order chi connectivity index (χ1) is 6.50. The van der Waals surface area contributed by atoms with E-state index in [2.05, 4.69) is 0 Å². The van der Waals surface area contributed by atoms with Crippen LogP contribution in [-0.2, 0) is 6.18 Å². The fourth-order valence-electron chi connectivity index (χ4n) is 1.83. The second-order valence-electron chi connectivity index (χ2n) is 3.90. The van der Waals surface area contributed by atoms with Crippen molar-refractivity contribution in [2.45, 2.75) is 25.4 Å². The summed E-state index contributed by atoms with van der Waals surface area (Å²) in [5.41, 5.74) is 0.00171. The molecule has 14 heavy (non-hydrogen) atoms. The van der Waals surface area contributed by atoms with Crippen LogP contribution < -0.4 is 0 Å². The van der Waals surface area contributed by atoms with Gasteiger partial charge < -0.3 is 0 Å². The summed E-state index contributed by atoms with van der Waals surface area (Å²) in [6, 6.07) is 5.88. The first-order valence-corrected chi connectivity index (χ1v) is 4.66. The van der Waals surface area contributed by atoms with Crippen LogP contribution >= 0.6 is 0 Å². The number of hydrogen-bond donors (Lipinski definition) is 0. The fourth-order valence-corrected chi connectivity index (χ4v) is 1.83. The molecule has 1 aromatic carbocycles. The van der Waals surface area contributed by atoms with Crippen molar-refractivity contribution in [1.82, 2.24) is 0 Å². The summed E-state index contributed by atoms with van der Waals surface area (Å²) >= 11 is 0. The molecule has 0 aromatic heterocycles. The smallest absolute Gasteiger partial charge is 0.166 e. The zero-order valence-corrected chi connectivity index (χ0v) is 7.81. The fraction of sp³-hybridized carbons (Fsp3) is 0.455. The predicted octanol–water partition coefficient (Wildman–Crippen LogP) is 3.83. The first-order valence-electron chi connectivity index (χ1n) is 4.66. The van der Waals surface area contributed by atoms with Crippen LogP contribution in [0.25, 0.3) is 0 Å². The second kappa shape index (κ2) is 3.01. The molecule has 0 amide bonds. The van der Waals surface area contributed by atoms with E-state index < -0.39 is 11.7 Å². The number of hydrogen-bond acceptors (Lipinski definition) is 0. The van der Waals surface area contributed by atoms with Crippen LogP contribution in [0.15, 0.2) is 24.3 Å². The highest BCUT2D eigenvalue weighted by atomic mass is 19.4. The van der Waals surface area contributed by atoms with E-state index in [1.165, 1.54) is 12.1 Å². The lowest BCUT2D eigenvalue weighted by atomic mass is 10.0. The van der Waals surface area contributed by atoms with Gasteiger partial charge in [-0.1, -0.05) is 25.1 Å². The number of alkyl halides is 3. The molecule has 3 heteroatoms. The van der Waals surface area contributed by atoms with Gasteiger partial charge in [0.2, 0.25) is 0 Å². The van der Waals surface area contributed by atoms with E-state index in [4.69, 9.17) is 0 Å². The average molecular weight is 200 g/mol. The zero-order chi connectivity index (χ0) is 10.3. The van der Waals surface area contributed by atoms with E-state index >= 15 is 0 Å². The van der Waals surface area contributed by atoms with Crippen molar-refractivity contribution in [3.05, 3.63) is 35.4 Å². The highest BCUT2D eigenvalue weighted by Gasteiger charge is 2.41. The largest absolute Gasteiger partial charge is 0.416 e. The van der Waals surface area contributed by atoms with Crippen molar-refractivity contribution < 1.29 is 13.2 Å². The van der Waals surface area contributed by atoms with Crippen LogP contribution in [0.1, 0.15) is 30.4 Å². The van der Waals surface area contributed by atoms with Crippen molar-refractivity contribution in [3.63, 3.8) is 0 Å². The average Bonchev–Trinajstić information content (AvgIpc) is 2.81. The molecule has 1 aromatic rings. The van der Waals surface area contributed by atoms with Crippen molar-refractivity contribution in [2.24, 2.45) is 5.92 Å². The molecule has 0 nitrogen and oxygen atoms in total. The molecule has 2 unspecified atom stereocenters. The Morgan fingerprint density at radius 1 is 1.21 bits per heavy atom. The molecule has 0 aliphatic heterocycles. The summed E-state index contributed by atoms with van der Waals surface area (Å²) < 4.78 is 37.7. The standard InChI is InChI=1S/C11H11F3/c1-7-6-9(7)8-4-2-3-5-10(8)11(12,13)14/h2-5,7,9H,6H2,1H3. The van der Waals surface area contributed by atoms with Gasteiger partial charge in [0.1, 0.15) is 0 Å². The summed E-state index contributed by atoms with van der Waals surface area (Å²) in [4.78, 5) is 0. The first kappa shape index (κ1) is 9.56. The van der Waals surface area contributed by atoms with Gasteiger partial charge in [-0.25, -0.2) is 0 Å². The highest BCUT2D eigenvalue weighted by Crippen LogP contribution is 2.50. The van der Waals surface area contributed by atoms with E-state index in [0.29, 0.717) is 11.5 Å². The minimum atomic E-state index is -4.21. The molecule has 0 heterocycles. The van der Waals surface area contributed by atoms with Crippen LogP contribution in [0.5, 0.6) is 0 Å². The summed E-state index contributed by atoms with van der Waals surface area (Å²) in [6.45, 7) is 1.98. The van der Waals surface area contributed by atoms with E-state index in [1.54, 1.807) is 12.1 Å². The minimum absolute atomic E-state index is 0.118. The Kier molecular flexibility index (Phi) is 2.05. The Morgan fingerprint density at radius 2 is 1.79 bits per heavy atom. The Balaban J connectivity index is 2.39.